The number of carbonyl (C=O) groups excluding carboxylic acids is 3. The van der Waals surface area contributed by atoms with Gasteiger partial charge in [0.15, 0.2) is 12.4 Å². The van der Waals surface area contributed by atoms with Gasteiger partial charge in [0.1, 0.15) is 18.8 Å². The van der Waals surface area contributed by atoms with Crippen LogP contribution in [0.2, 0.25) is 0 Å². The molecular weight excluding hydrogens is 296 g/mol. The summed E-state index contributed by atoms with van der Waals surface area (Å²) in [5, 5.41) is 0. The predicted molar refractivity (Wildman–Crippen MR) is 72.6 cm³/mol. The fourth-order valence-corrected chi connectivity index (χ4v) is 2.19. The van der Waals surface area contributed by atoms with Gasteiger partial charge in [0.05, 0.1) is 0 Å². The van der Waals surface area contributed by atoms with Gasteiger partial charge < -0.3 is 23.7 Å². The molecule has 1 aliphatic heterocycles. The van der Waals surface area contributed by atoms with Gasteiger partial charge in [-0.25, -0.2) is 0 Å². The molecule has 22 heavy (non-hydrogen) atoms. The third-order valence-electron chi connectivity index (χ3n) is 2.91. The van der Waals surface area contributed by atoms with Crippen LogP contribution in [0.5, 0.6) is 0 Å². The van der Waals surface area contributed by atoms with Crippen molar-refractivity contribution < 1.29 is 38.1 Å². The monoisotopic (exact) mass is 318 g/mol. The van der Waals surface area contributed by atoms with Crippen molar-refractivity contribution in [2.24, 2.45) is 0 Å². The van der Waals surface area contributed by atoms with Crippen LogP contribution in [0.15, 0.2) is 0 Å². The van der Waals surface area contributed by atoms with Crippen molar-refractivity contribution in [3.05, 3.63) is 0 Å². The molecule has 0 aromatic rings. The first kappa shape index (κ1) is 18.4. The molecule has 1 aliphatic rings. The largest absolute Gasteiger partial charge is 0.463 e. The van der Waals surface area contributed by atoms with Crippen molar-refractivity contribution in [2.45, 2.75) is 58.7 Å². The first-order valence-electron chi connectivity index (χ1n) is 7.08. The first-order valence-corrected chi connectivity index (χ1v) is 7.08. The average Bonchev–Trinajstić information content (AvgIpc) is 2.38. The van der Waals surface area contributed by atoms with Crippen LogP contribution in [0, 0.1) is 0 Å². The number of hydrogen-bond donors (Lipinski definition) is 0. The van der Waals surface area contributed by atoms with E-state index in [-0.39, 0.29) is 13.0 Å². The molecule has 0 saturated carbocycles. The average molecular weight is 318 g/mol. The van der Waals surface area contributed by atoms with E-state index in [0.717, 1.165) is 0 Å². The van der Waals surface area contributed by atoms with Crippen LogP contribution in [0.1, 0.15) is 34.1 Å². The Hall–Kier alpha value is -1.67. The predicted octanol–water partition coefficient (Wildman–Crippen LogP) is 0.564. The Kier molecular flexibility index (Phi) is 7.26. The van der Waals surface area contributed by atoms with E-state index in [9.17, 15) is 14.4 Å². The minimum Gasteiger partial charge on any atom is -0.463 e. The molecule has 1 saturated heterocycles. The third kappa shape index (κ3) is 5.98. The smallest absolute Gasteiger partial charge is 0.303 e. The van der Waals surface area contributed by atoms with Crippen LogP contribution in [0.4, 0.5) is 0 Å². The summed E-state index contributed by atoms with van der Waals surface area (Å²) in [7, 11) is 0. The molecule has 0 bridgehead atoms. The van der Waals surface area contributed by atoms with Crippen LogP contribution in [-0.4, -0.2) is 55.7 Å². The zero-order valence-electron chi connectivity index (χ0n) is 13.2. The summed E-state index contributed by atoms with van der Waals surface area (Å²) in [6.45, 7) is 5.82. The van der Waals surface area contributed by atoms with Gasteiger partial charge in [0.25, 0.3) is 0 Å². The van der Waals surface area contributed by atoms with Crippen molar-refractivity contribution in [3.8, 4) is 0 Å². The van der Waals surface area contributed by atoms with Crippen LogP contribution < -0.4 is 0 Å². The summed E-state index contributed by atoms with van der Waals surface area (Å²) < 4.78 is 26.3. The first-order chi connectivity index (χ1) is 10.3. The molecule has 0 radical (unpaired) electrons. The highest BCUT2D eigenvalue weighted by atomic mass is 16.7. The van der Waals surface area contributed by atoms with Gasteiger partial charge in [-0.15, -0.1) is 0 Å². The highest BCUT2D eigenvalue weighted by Crippen LogP contribution is 2.26. The van der Waals surface area contributed by atoms with Crippen molar-refractivity contribution in [1.82, 2.24) is 0 Å². The third-order valence-corrected chi connectivity index (χ3v) is 2.91. The van der Waals surface area contributed by atoms with Gasteiger partial charge in [-0.05, 0) is 6.92 Å². The Bertz CT molecular complexity index is 408. The molecule has 8 heteroatoms. The van der Waals surface area contributed by atoms with Gasteiger partial charge in [-0.2, -0.15) is 0 Å². The van der Waals surface area contributed by atoms with Crippen molar-refractivity contribution >= 4 is 17.9 Å². The maximum absolute atomic E-state index is 11.3. The normalized spacial score (nSPS) is 27.8. The van der Waals surface area contributed by atoms with Crippen LogP contribution >= 0.6 is 0 Å². The van der Waals surface area contributed by atoms with Crippen molar-refractivity contribution in [1.29, 1.82) is 0 Å². The Labute approximate surface area is 129 Å². The van der Waals surface area contributed by atoms with E-state index in [1.54, 1.807) is 6.92 Å². The number of hydrogen-bond acceptors (Lipinski definition) is 8. The number of esters is 3. The van der Waals surface area contributed by atoms with Gasteiger partial charge in [-0.1, -0.05) is 0 Å². The molecule has 0 aliphatic carbocycles. The summed E-state index contributed by atoms with van der Waals surface area (Å²) >= 11 is 0. The maximum atomic E-state index is 11.3. The second-order valence-electron chi connectivity index (χ2n) is 4.82. The molecule has 1 fully saturated rings. The molecule has 4 atom stereocenters. The maximum Gasteiger partial charge on any atom is 0.303 e. The Balaban J connectivity index is 2.89. The zero-order valence-corrected chi connectivity index (χ0v) is 13.2. The molecule has 0 N–H and O–H groups in total. The van der Waals surface area contributed by atoms with E-state index in [1.807, 2.05) is 0 Å². The summed E-state index contributed by atoms with van der Waals surface area (Å²) in [5.74, 6) is -1.55. The van der Waals surface area contributed by atoms with Gasteiger partial charge in [0.2, 0.25) is 0 Å². The van der Waals surface area contributed by atoms with E-state index < -0.39 is 42.5 Å². The topological polar surface area (TPSA) is 97.4 Å². The second kappa shape index (κ2) is 8.70. The summed E-state index contributed by atoms with van der Waals surface area (Å²) in [6, 6.07) is 0. The lowest BCUT2D eigenvalue weighted by Gasteiger charge is -2.39. The summed E-state index contributed by atoms with van der Waals surface area (Å²) in [4.78, 5) is 33.5. The molecule has 0 aromatic heterocycles. The standard InChI is InChI=1S/C14H22O8/c1-5-18-13-6-11(20-9(3)16)14(21-10(4)17)12(22-13)7-19-8(2)15/h11-14H,5-7H2,1-4H3/t11-,12-,13-,14+/m1/s1. The van der Waals surface area contributed by atoms with E-state index in [2.05, 4.69) is 0 Å². The lowest BCUT2D eigenvalue weighted by atomic mass is 10.0. The number of ether oxygens (including phenoxy) is 5. The SMILES string of the molecule is CCO[C@H]1C[C@@H](OC(C)=O)[C@H](OC(C)=O)[C@@H](COC(C)=O)O1. The fraction of sp³-hybridized carbons (Fsp3) is 0.786. The second-order valence-corrected chi connectivity index (χ2v) is 4.82. The summed E-state index contributed by atoms with van der Waals surface area (Å²) in [6.07, 6.45) is -2.78. The minimum absolute atomic E-state index is 0.130. The van der Waals surface area contributed by atoms with Crippen LogP contribution in [-0.2, 0) is 38.1 Å². The van der Waals surface area contributed by atoms with Crippen molar-refractivity contribution in [3.63, 3.8) is 0 Å². The quantitative estimate of drug-likeness (QED) is 0.518. The van der Waals surface area contributed by atoms with E-state index in [1.165, 1.54) is 20.8 Å². The van der Waals surface area contributed by atoms with Gasteiger partial charge in [-0.3, -0.25) is 14.4 Å². The Morgan fingerprint density at radius 3 is 2.18 bits per heavy atom. The zero-order chi connectivity index (χ0) is 16.7. The molecule has 0 amide bonds. The van der Waals surface area contributed by atoms with E-state index in [0.29, 0.717) is 6.61 Å². The lowest BCUT2D eigenvalue weighted by molar-refractivity contribution is -0.265. The Morgan fingerprint density at radius 2 is 1.68 bits per heavy atom. The molecule has 1 rings (SSSR count). The number of carbonyl (C=O) groups is 3. The lowest BCUT2D eigenvalue weighted by Crippen LogP contribution is -2.54. The molecule has 0 aromatic carbocycles. The van der Waals surface area contributed by atoms with E-state index in [4.69, 9.17) is 23.7 Å². The minimum atomic E-state index is -0.863. The van der Waals surface area contributed by atoms with Crippen molar-refractivity contribution in [2.75, 3.05) is 13.2 Å². The van der Waals surface area contributed by atoms with E-state index >= 15 is 0 Å². The molecule has 1 heterocycles. The molecule has 126 valence electrons. The molecule has 0 unspecified atom stereocenters. The number of rotatable bonds is 6. The molecule has 8 nitrogen and oxygen atoms in total. The van der Waals surface area contributed by atoms with Gasteiger partial charge >= 0.3 is 17.9 Å². The van der Waals surface area contributed by atoms with Crippen LogP contribution in [0.25, 0.3) is 0 Å². The molecule has 0 spiro atoms. The highest BCUT2D eigenvalue weighted by Gasteiger charge is 2.43. The highest BCUT2D eigenvalue weighted by molar-refractivity contribution is 5.67. The Morgan fingerprint density at radius 1 is 1.05 bits per heavy atom. The molecular formula is C14H22O8. The summed E-state index contributed by atoms with van der Waals surface area (Å²) in [5.41, 5.74) is 0. The fourth-order valence-electron chi connectivity index (χ4n) is 2.19. The van der Waals surface area contributed by atoms with Gasteiger partial charge in [0, 0.05) is 33.8 Å². The van der Waals surface area contributed by atoms with Crippen LogP contribution in [0.3, 0.4) is 0 Å².